The van der Waals surface area contributed by atoms with Crippen LogP contribution < -0.4 is 5.32 Å². The van der Waals surface area contributed by atoms with Gasteiger partial charge in [-0.05, 0) is 6.54 Å². The highest BCUT2D eigenvalue weighted by Gasteiger charge is 2.03. The number of methoxy groups -OCH3 is 2. The molecular weight excluding hydrogens is 118 g/mol. The van der Waals surface area contributed by atoms with Crippen LogP contribution in [0.5, 0.6) is 0 Å². The van der Waals surface area contributed by atoms with E-state index in [1.165, 1.54) is 0 Å². The molecule has 0 aliphatic heterocycles. The van der Waals surface area contributed by atoms with Gasteiger partial charge in [0.15, 0.2) is 0 Å². The van der Waals surface area contributed by atoms with E-state index in [0.717, 1.165) is 6.54 Å². The molecule has 3 nitrogen and oxygen atoms in total. The van der Waals surface area contributed by atoms with Gasteiger partial charge in [0.05, 0.1) is 6.54 Å². The molecule has 0 aromatic carbocycles. The van der Waals surface area contributed by atoms with Gasteiger partial charge in [-0.1, -0.05) is 6.92 Å². The highest BCUT2D eigenvalue weighted by Crippen LogP contribution is 1.96. The first-order chi connectivity index (χ1) is 4.35. The van der Waals surface area contributed by atoms with Gasteiger partial charge in [0.25, 0.3) is 0 Å². The average molecular weight is 132 g/mol. The second-order valence-electron chi connectivity index (χ2n) is 1.56. The van der Waals surface area contributed by atoms with Gasteiger partial charge in [-0.15, -0.1) is 0 Å². The van der Waals surface area contributed by atoms with Crippen molar-refractivity contribution in [2.75, 3.05) is 27.3 Å². The molecule has 0 atom stereocenters. The van der Waals surface area contributed by atoms with Crippen LogP contribution in [0.3, 0.4) is 0 Å². The second kappa shape index (κ2) is 6.01. The Morgan fingerprint density at radius 2 is 1.89 bits per heavy atom. The SMILES string of the molecule is CCNC[C](OC)OC. The normalized spacial score (nSPS) is 10.7. The zero-order valence-corrected chi connectivity index (χ0v) is 6.23. The van der Waals surface area contributed by atoms with Crippen molar-refractivity contribution in [2.45, 2.75) is 6.92 Å². The van der Waals surface area contributed by atoms with Crippen LogP contribution in [0, 0.1) is 6.29 Å². The summed E-state index contributed by atoms with van der Waals surface area (Å²) in [5, 5.41) is 3.06. The van der Waals surface area contributed by atoms with Crippen molar-refractivity contribution in [1.82, 2.24) is 5.32 Å². The lowest BCUT2D eigenvalue weighted by Crippen LogP contribution is -2.23. The van der Waals surface area contributed by atoms with Crippen LogP contribution in [0.1, 0.15) is 6.92 Å². The minimum absolute atomic E-state index is 0.622. The second-order valence-corrected chi connectivity index (χ2v) is 1.56. The summed E-state index contributed by atoms with van der Waals surface area (Å²) in [7, 11) is 3.19. The maximum absolute atomic E-state index is 4.83. The van der Waals surface area contributed by atoms with E-state index in [2.05, 4.69) is 5.32 Å². The van der Waals surface area contributed by atoms with E-state index in [9.17, 15) is 0 Å². The van der Waals surface area contributed by atoms with Crippen molar-refractivity contribution in [3.63, 3.8) is 0 Å². The summed E-state index contributed by atoms with van der Waals surface area (Å²) in [6.45, 7) is 3.63. The molecule has 0 spiro atoms. The van der Waals surface area contributed by atoms with Gasteiger partial charge in [0.1, 0.15) is 0 Å². The third kappa shape index (κ3) is 4.39. The van der Waals surface area contributed by atoms with Crippen molar-refractivity contribution < 1.29 is 9.47 Å². The van der Waals surface area contributed by atoms with Gasteiger partial charge in [0, 0.05) is 14.2 Å². The van der Waals surface area contributed by atoms with Gasteiger partial charge < -0.3 is 14.8 Å². The van der Waals surface area contributed by atoms with E-state index in [-0.39, 0.29) is 0 Å². The predicted molar refractivity (Wildman–Crippen MR) is 35.8 cm³/mol. The van der Waals surface area contributed by atoms with Gasteiger partial charge >= 0.3 is 0 Å². The summed E-state index contributed by atoms with van der Waals surface area (Å²) in [5.74, 6) is 0. The Morgan fingerprint density at radius 1 is 1.33 bits per heavy atom. The van der Waals surface area contributed by atoms with Crippen molar-refractivity contribution in [3.05, 3.63) is 6.29 Å². The monoisotopic (exact) mass is 132 g/mol. The molecule has 0 aromatic rings. The quantitative estimate of drug-likeness (QED) is 0.586. The van der Waals surface area contributed by atoms with E-state index >= 15 is 0 Å². The molecule has 0 aromatic heterocycles. The molecule has 1 N–H and O–H groups in total. The maximum Gasteiger partial charge on any atom is 0.237 e. The molecule has 0 saturated carbocycles. The lowest BCUT2D eigenvalue weighted by atomic mass is 10.6. The van der Waals surface area contributed by atoms with E-state index in [4.69, 9.17) is 9.47 Å². The Hall–Kier alpha value is -0.120. The van der Waals surface area contributed by atoms with E-state index < -0.39 is 0 Å². The van der Waals surface area contributed by atoms with Crippen LogP contribution in [0.2, 0.25) is 0 Å². The van der Waals surface area contributed by atoms with Gasteiger partial charge in [-0.3, -0.25) is 0 Å². The number of hydrogen-bond acceptors (Lipinski definition) is 3. The molecule has 55 valence electrons. The summed E-state index contributed by atoms with van der Waals surface area (Å²) in [6.07, 6.45) is 0.622. The third-order valence-corrected chi connectivity index (χ3v) is 0.975. The van der Waals surface area contributed by atoms with Gasteiger partial charge in [-0.25, -0.2) is 0 Å². The van der Waals surface area contributed by atoms with Crippen LogP contribution >= 0.6 is 0 Å². The fourth-order valence-electron chi connectivity index (χ4n) is 0.455. The van der Waals surface area contributed by atoms with E-state index in [1.807, 2.05) is 6.92 Å². The number of ether oxygens (including phenoxy) is 2. The van der Waals surface area contributed by atoms with Crippen LogP contribution in [-0.4, -0.2) is 27.3 Å². The smallest absolute Gasteiger partial charge is 0.237 e. The third-order valence-electron chi connectivity index (χ3n) is 0.975. The predicted octanol–water partition coefficient (Wildman–Crippen LogP) is 0.378. The molecule has 0 aliphatic carbocycles. The first-order valence-corrected chi connectivity index (χ1v) is 2.99. The molecule has 1 radical (unpaired) electrons. The van der Waals surface area contributed by atoms with Crippen LogP contribution in [0.4, 0.5) is 0 Å². The van der Waals surface area contributed by atoms with E-state index in [1.54, 1.807) is 14.2 Å². The van der Waals surface area contributed by atoms with Crippen LogP contribution in [-0.2, 0) is 9.47 Å². The molecule has 0 unspecified atom stereocenters. The minimum Gasteiger partial charge on any atom is -0.348 e. The Bertz CT molecular complexity index is 55.0. The molecule has 0 fully saturated rings. The minimum atomic E-state index is 0.622. The lowest BCUT2D eigenvalue weighted by molar-refractivity contribution is 0.00326. The van der Waals surface area contributed by atoms with Crippen LogP contribution in [0.15, 0.2) is 0 Å². The zero-order chi connectivity index (χ0) is 7.11. The molecule has 0 bridgehead atoms. The Kier molecular flexibility index (Phi) is 5.93. The number of likely N-dealkylation sites (N-methyl/N-ethyl adjacent to an activating group) is 1. The average Bonchev–Trinajstić information content (AvgIpc) is 1.91. The molecule has 3 heteroatoms. The summed E-state index contributed by atoms with van der Waals surface area (Å²) < 4.78 is 9.67. The van der Waals surface area contributed by atoms with Crippen molar-refractivity contribution >= 4 is 0 Å². The maximum atomic E-state index is 4.83. The van der Waals surface area contributed by atoms with Crippen molar-refractivity contribution in [1.29, 1.82) is 0 Å². The topological polar surface area (TPSA) is 30.5 Å². The van der Waals surface area contributed by atoms with Gasteiger partial charge in [0.2, 0.25) is 6.29 Å². The highest BCUT2D eigenvalue weighted by atomic mass is 16.7. The molecule has 0 rings (SSSR count). The van der Waals surface area contributed by atoms with Gasteiger partial charge in [-0.2, -0.15) is 0 Å². The Labute approximate surface area is 56.3 Å². The molecule has 0 heterocycles. The molecular formula is C6H14NO2. The first-order valence-electron chi connectivity index (χ1n) is 2.99. The number of rotatable bonds is 5. The van der Waals surface area contributed by atoms with Crippen LogP contribution in [0.25, 0.3) is 0 Å². The fraction of sp³-hybridized carbons (Fsp3) is 0.833. The zero-order valence-electron chi connectivity index (χ0n) is 6.23. The Balaban J connectivity index is 3.09. The van der Waals surface area contributed by atoms with E-state index in [0.29, 0.717) is 12.8 Å². The van der Waals surface area contributed by atoms with Crippen molar-refractivity contribution in [3.8, 4) is 0 Å². The Morgan fingerprint density at radius 3 is 2.22 bits per heavy atom. The largest absolute Gasteiger partial charge is 0.348 e. The molecule has 0 saturated heterocycles. The molecule has 9 heavy (non-hydrogen) atoms. The number of hydrogen-bond donors (Lipinski definition) is 1. The standard InChI is InChI=1S/C6H14NO2/c1-4-7-5-6(8-2)9-3/h7H,4-5H2,1-3H3. The summed E-state index contributed by atoms with van der Waals surface area (Å²) in [4.78, 5) is 0. The summed E-state index contributed by atoms with van der Waals surface area (Å²) >= 11 is 0. The van der Waals surface area contributed by atoms with Crippen molar-refractivity contribution in [2.24, 2.45) is 0 Å². The molecule has 0 amide bonds. The summed E-state index contributed by atoms with van der Waals surface area (Å²) in [6, 6.07) is 0. The first kappa shape index (κ1) is 8.88. The summed E-state index contributed by atoms with van der Waals surface area (Å²) in [5.41, 5.74) is 0. The fourth-order valence-corrected chi connectivity index (χ4v) is 0.455. The lowest BCUT2D eigenvalue weighted by Gasteiger charge is -2.10. The number of nitrogens with one attached hydrogen (secondary N) is 1. The molecule has 0 aliphatic rings. The highest BCUT2D eigenvalue weighted by molar-refractivity contribution is 4.65.